The van der Waals surface area contributed by atoms with Gasteiger partial charge in [0.25, 0.3) is 0 Å². The predicted molar refractivity (Wildman–Crippen MR) is 99.3 cm³/mol. The Balaban J connectivity index is 1.88. The second-order valence-electron chi connectivity index (χ2n) is 5.28. The number of hydrogen-bond acceptors (Lipinski definition) is 4. The summed E-state index contributed by atoms with van der Waals surface area (Å²) in [4.78, 5) is 13.2. The van der Waals surface area contributed by atoms with Crippen LogP contribution in [0.2, 0.25) is 10.0 Å². The Labute approximate surface area is 154 Å². The molecule has 6 heteroatoms. The molecule has 0 aliphatic heterocycles. The van der Waals surface area contributed by atoms with Crippen molar-refractivity contribution >= 4 is 34.1 Å². The Hall–Kier alpha value is -2.69. The molecule has 4 nitrogen and oxygen atoms in total. The molecule has 0 atom stereocenters. The molecular formula is C19H11Cl2N3O. The van der Waals surface area contributed by atoms with Crippen molar-refractivity contribution in [3.63, 3.8) is 0 Å². The van der Waals surface area contributed by atoms with Crippen LogP contribution in [0.1, 0.15) is 0 Å². The van der Waals surface area contributed by atoms with Gasteiger partial charge in [0.05, 0.1) is 15.9 Å². The van der Waals surface area contributed by atoms with Crippen LogP contribution in [0.25, 0.3) is 22.3 Å². The van der Waals surface area contributed by atoms with Gasteiger partial charge in [-0.15, -0.1) is 0 Å². The van der Waals surface area contributed by atoms with Crippen molar-refractivity contribution in [3.05, 3.63) is 77.0 Å². The van der Waals surface area contributed by atoms with Crippen LogP contribution in [0.15, 0.2) is 67.0 Å². The monoisotopic (exact) mass is 367 g/mol. The van der Waals surface area contributed by atoms with Gasteiger partial charge in [-0.25, -0.2) is 4.98 Å². The SMILES string of the molecule is Clc1ccc(Cl)c(Oc2nc(-c3ccncc3)nc3ccccc23)c1. The lowest BCUT2D eigenvalue weighted by Gasteiger charge is -2.11. The number of rotatable bonds is 3. The van der Waals surface area contributed by atoms with Crippen molar-refractivity contribution in [2.24, 2.45) is 0 Å². The third-order valence-electron chi connectivity index (χ3n) is 3.61. The highest BCUT2D eigenvalue weighted by Crippen LogP contribution is 2.34. The number of ether oxygens (including phenoxy) is 1. The molecule has 2 aromatic heterocycles. The Kier molecular flexibility index (Phi) is 4.22. The summed E-state index contributed by atoms with van der Waals surface area (Å²) in [6.07, 6.45) is 3.39. The average Bonchev–Trinajstić information content (AvgIpc) is 2.65. The molecule has 0 N–H and O–H groups in total. The van der Waals surface area contributed by atoms with E-state index in [0.29, 0.717) is 27.5 Å². The fourth-order valence-corrected chi connectivity index (χ4v) is 2.73. The molecule has 0 saturated heterocycles. The van der Waals surface area contributed by atoms with Gasteiger partial charge in [0.15, 0.2) is 5.82 Å². The van der Waals surface area contributed by atoms with Gasteiger partial charge < -0.3 is 4.74 Å². The first-order valence-corrected chi connectivity index (χ1v) is 8.26. The van der Waals surface area contributed by atoms with E-state index in [2.05, 4.69) is 15.0 Å². The Bertz CT molecular complexity index is 1050. The molecule has 0 fully saturated rings. The highest BCUT2D eigenvalue weighted by atomic mass is 35.5. The summed E-state index contributed by atoms with van der Waals surface area (Å²) in [7, 11) is 0. The van der Waals surface area contributed by atoms with Gasteiger partial charge >= 0.3 is 0 Å². The average molecular weight is 368 g/mol. The molecule has 4 aromatic rings. The standard InChI is InChI=1S/C19H11Cl2N3O/c20-13-5-6-15(21)17(11-13)25-19-14-3-1-2-4-16(14)23-18(24-19)12-7-9-22-10-8-12/h1-11H. The molecule has 2 aromatic carbocycles. The minimum absolute atomic E-state index is 0.418. The summed E-state index contributed by atoms with van der Waals surface area (Å²) in [5.74, 6) is 1.41. The number of halogens is 2. The zero-order valence-electron chi connectivity index (χ0n) is 12.9. The summed E-state index contributed by atoms with van der Waals surface area (Å²) >= 11 is 12.3. The van der Waals surface area contributed by atoms with E-state index < -0.39 is 0 Å². The van der Waals surface area contributed by atoms with Crippen molar-refractivity contribution in [2.45, 2.75) is 0 Å². The van der Waals surface area contributed by atoms with Crippen molar-refractivity contribution < 1.29 is 4.74 Å². The van der Waals surface area contributed by atoms with Crippen LogP contribution in [0, 0.1) is 0 Å². The zero-order chi connectivity index (χ0) is 17.2. The lowest BCUT2D eigenvalue weighted by Crippen LogP contribution is -1.96. The first-order chi connectivity index (χ1) is 12.2. The van der Waals surface area contributed by atoms with Crippen LogP contribution in [0.3, 0.4) is 0 Å². The van der Waals surface area contributed by atoms with E-state index in [1.807, 2.05) is 36.4 Å². The maximum Gasteiger partial charge on any atom is 0.230 e. The number of nitrogens with zero attached hydrogens (tertiary/aromatic N) is 3. The summed E-state index contributed by atoms with van der Waals surface area (Å²) in [5.41, 5.74) is 1.63. The molecule has 2 heterocycles. The van der Waals surface area contributed by atoms with E-state index in [-0.39, 0.29) is 0 Å². The minimum atomic E-state index is 0.418. The molecule has 0 radical (unpaired) electrons. The molecule has 4 rings (SSSR count). The molecular weight excluding hydrogens is 357 g/mol. The highest BCUT2D eigenvalue weighted by Gasteiger charge is 2.13. The number of benzene rings is 2. The van der Waals surface area contributed by atoms with Crippen LogP contribution in [0.4, 0.5) is 0 Å². The molecule has 0 amide bonds. The van der Waals surface area contributed by atoms with Crippen LogP contribution >= 0.6 is 23.2 Å². The minimum Gasteiger partial charge on any atom is -0.437 e. The van der Waals surface area contributed by atoms with E-state index in [1.54, 1.807) is 30.6 Å². The van der Waals surface area contributed by atoms with Gasteiger partial charge in [-0.3, -0.25) is 4.98 Å². The number of aromatic nitrogens is 3. The molecule has 0 unspecified atom stereocenters. The highest BCUT2D eigenvalue weighted by molar-refractivity contribution is 6.34. The van der Waals surface area contributed by atoms with Crippen molar-refractivity contribution in [1.82, 2.24) is 15.0 Å². The third-order valence-corrected chi connectivity index (χ3v) is 4.15. The maximum atomic E-state index is 6.22. The normalized spacial score (nSPS) is 10.8. The Morgan fingerprint density at radius 1 is 0.840 bits per heavy atom. The van der Waals surface area contributed by atoms with Crippen LogP contribution in [-0.2, 0) is 0 Å². The summed E-state index contributed by atoms with van der Waals surface area (Å²) in [6.45, 7) is 0. The second-order valence-corrected chi connectivity index (χ2v) is 6.13. The van der Waals surface area contributed by atoms with E-state index in [0.717, 1.165) is 16.5 Å². The van der Waals surface area contributed by atoms with Gasteiger partial charge in [-0.2, -0.15) is 4.98 Å². The predicted octanol–water partition coefficient (Wildman–Crippen LogP) is 5.79. The van der Waals surface area contributed by atoms with Crippen LogP contribution in [0.5, 0.6) is 11.6 Å². The fraction of sp³-hybridized carbons (Fsp3) is 0. The number of hydrogen-bond donors (Lipinski definition) is 0. The molecule has 0 bridgehead atoms. The van der Waals surface area contributed by atoms with E-state index in [1.165, 1.54) is 0 Å². The van der Waals surface area contributed by atoms with Gasteiger partial charge in [0.1, 0.15) is 5.75 Å². The molecule has 0 aliphatic rings. The quantitative estimate of drug-likeness (QED) is 0.459. The van der Waals surface area contributed by atoms with Crippen molar-refractivity contribution in [1.29, 1.82) is 0 Å². The molecule has 122 valence electrons. The van der Waals surface area contributed by atoms with Crippen molar-refractivity contribution in [2.75, 3.05) is 0 Å². The Morgan fingerprint density at radius 2 is 1.64 bits per heavy atom. The van der Waals surface area contributed by atoms with Gasteiger partial charge in [0.2, 0.25) is 5.88 Å². The first-order valence-electron chi connectivity index (χ1n) is 7.51. The number of para-hydroxylation sites is 1. The van der Waals surface area contributed by atoms with E-state index in [4.69, 9.17) is 27.9 Å². The number of fused-ring (bicyclic) bond motifs is 1. The Morgan fingerprint density at radius 3 is 2.48 bits per heavy atom. The lowest BCUT2D eigenvalue weighted by atomic mass is 10.2. The second kappa shape index (κ2) is 6.67. The summed E-state index contributed by atoms with van der Waals surface area (Å²) in [6, 6.07) is 16.4. The number of pyridine rings is 1. The van der Waals surface area contributed by atoms with Gasteiger partial charge in [0, 0.05) is 29.0 Å². The van der Waals surface area contributed by atoms with Gasteiger partial charge in [-0.1, -0.05) is 35.3 Å². The van der Waals surface area contributed by atoms with Crippen LogP contribution < -0.4 is 4.74 Å². The van der Waals surface area contributed by atoms with E-state index in [9.17, 15) is 0 Å². The topological polar surface area (TPSA) is 47.9 Å². The summed E-state index contributed by atoms with van der Waals surface area (Å²) < 4.78 is 5.98. The fourth-order valence-electron chi connectivity index (χ4n) is 2.41. The zero-order valence-corrected chi connectivity index (χ0v) is 14.4. The third kappa shape index (κ3) is 3.27. The molecule has 25 heavy (non-hydrogen) atoms. The van der Waals surface area contributed by atoms with E-state index >= 15 is 0 Å². The van der Waals surface area contributed by atoms with Crippen LogP contribution in [-0.4, -0.2) is 15.0 Å². The smallest absolute Gasteiger partial charge is 0.230 e. The lowest BCUT2D eigenvalue weighted by molar-refractivity contribution is 0.469. The molecule has 0 spiro atoms. The van der Waals surface area contributed by atoms with Crippen molar-refractivity contribution in [3.8, 4) is 23.0 Å². The first kappa shape index (κ1) is 15.8. The summed E-state index contributed by atoms with van der Waals surface area (Å²) in [5, 5.41) is 1.78. The molecule has 0 aliphatic carbocycles. The largest absolute Gasteiger partial charge is 0.437 e. The maximum absolute atomic E-state index is 6.22. The molecule has 0 saturated carbocycles. The van der Waals surface area contributed by atoms with Gasteiger partial charge in [-0.05, 0) is 36.4 Å².